The van der Waals surface area contributed by atoms with Gasteiger partial charge in [-0.3, -0.25) is 9.89 Å². The largest absolute Gasteiger partial charge is 0.374 e. The van der Waals surface area contributed by atoms with Gasteiger partial charge in [0.05, 0.1) is 19.3 Å². The molecule has 1 aliphatic rings. The van der Waals surface area contributed by atoms with Gasteiger partial charge in [-0.05, 0) is 23.8 Å². The Morgan fingerprint density at radius 1 is 1.35 bits per heavy atom. The summed E-state index contributed by atoms with van der Waals surface area (Å²) < 4.78 is 8.06. The highest BCUT2D eigenvalue weighted by atomic mass is 32.1. The summed E-state index contributed by atoms with van der Waals surface area (Å²) in [6.45, 7) is 13.6. The van der Waals surface area contributed by atoms with Crippen molar-refractivity contribution in [1.29, 1.82) is 0 Å². The summed E-state index contributed by atoms with van der Waals surface area (Å²) in [7, 11) is 0. The Morgan fingerprint density at radius 3 is 3.00 bits per heavy atom. The highest BCUT2D eigenvalue weighted by Gasteiger charge is 2.20. The molecule has 172 valence electrons. The Labute approximate surface area is 190 Å². The van der Waals surface area contributed by atoms with E-state index in [1.54, 1.807) is 17.7 Å². The topological polar surface area (TPSA) is 79.6 Å². The standard InChI is InChI=1S/C22H37N7OS/c1-4-21-27-26-17-29(21)10-9-24-22(23-8-7-20-6-5-13-31-20)25-14-19-16-28(11-12-30-19)15-18(2)3/h5-6,13,17-19H,4,7-12,14-16H2,1-3H3,(H2,23,24,25). The summed E-state index contributed by atoms with van der Waals surface area (Å²) in [6.07, 6.45) is 3.81. The number of thiophene rings is 1. The lowest BCUT2D eigenvalue weighted by atomic mass is 10.2. The Morgan fingerprint density at radius 2 is 2.23 bits per heavy atom. The van der Waals surface area contributed by atoms with Crippen LogP contribution in [0.25, 0.3) is 0 Å². The van der Waals surface area contributed by atoms with Gasteiger partial charge in [-0.2, -0.15) is 0 Å². The van der Waals surface area contributed by atoms with Crippen LogP contribution in [0.1, 0.15) is 31.5 Å². The van der Waals surface area contributed by atoms with Crippen molar-refractivity contribution in [3.05, 3.63) is 34.5 Å². The number of ether oxygens (including phenoxy) is 1. The van der Waals surface area contributed by atoms with Crippen LogP contribution in [0.2, 0.25) is 0 Å². The molecule has 2 aromatic heterocycles. The van der Waals surface area contributed by atoms with Crippen LogP contribution in [0.15, 0.2) is 28.8 Å². The minimum absolute atomic E-state index is 0.146. The van der Waals surface area contributed by atoms with E-state index in [0.29, 0.717) is 12.5 Å². The van der Waals surface area contributed by atoms with Crippen molar-refractivity contribution in [2.24, 2.45) is 10.9 Å². The highest BCUT2D eigenvalue weighted by Crippen LogP contribution is 2.09. The number of hydrogen-bond acceptors (Lipinski definition) is 6. The van der Waals surface area contributed by atoms with Crippen LogP contribution in [-0.4, -0.2) is 77.6 Å². The van der Waals surface area contributed by atoms with Gasteiger partial charge in [0.15, 0.2) is 5.96 Å². The molecule has 9 heteroatoms. The molecule has 1 unspecified atom stereocenters. The number of aryl methyl sites for hydroxylation is 1. The third-order valence-electron chi connectivity index (χ3n) is 5.20. The summed E-state index contributed by atoms with van der Waals surface area (Å²) >= 11 is 1.79. The Hall–Kier alpha value is -1.97. The first-order chi connectivity index (χ1) is 15.1. The average Bonchev–Trinajstić information content (AvgIpc) is 3.43. The zero-order valence-electron chi connectivity index (χ0n) is 19.1. The summed E-state index contributed by atoms with van der Waals surface area (Å²) in [4.78, 5) is 8.72. The molecular formula is C22H37N7OS. The zero-order valence-corrected chi connectivity index (χ0v) is 19.9. The Kier molecular flexibility index (Phi) is 9.77. The lowest BCUT2D eigenvalue weighted by Gasteiger charge is -2.33. The van der Waals surface area contributed by atoms with E-state index in [1.807, 2.05) is 0 Å². The molecule has 2 N–H and O–H groups in total. The molecule has 3 heterocycles. The molecule has 1 aliphatic heterocycles. The first-order valence-electron chi connectivity index (χ1n) is 11.4. The lowest BCUT2D eigenvalue weighted by Crippen LogP contribution is -2.46. The first kappa shape index (κ1) is 23.7. The predicted molar refractivity (Wildman–Crippen MR) is 127 cm³/mol. The van der Waals surface area contributed by atoms with Crippen molar-refractivity contribution in [3.8, 4) is 0 Å². The van der Waals surface area contributed by atoms with Gasteiger partial charge in [0.25, 0.3) is 0 Å². The summed E-state index contributed by atoms with van der Waals surface area (Å²) in [6, 6.07) is 4.27. The summed E-state index contributed by atoms with van der Waals surface area (Å²) in [5.74, 6) is 2.52. The molecule has 0 saturated carbocycles. The van der Waals surface area contributed by atoms with Gasteiger partial charge < -0.3 is 19.9 Å². The number of rotatable bonds is 11. The van der Waals surface area contributed by atoms with Gasteiger partial charge in [0.1, 0.15) is 12.2 Å². The van der Waals surface area contributed by atoms with Crippen molar-refractivity contribution < 1.29 is 4.74 Å². The highest BCUT2D eigenvalue weighted by molar-refractivity contribution is 7.09. The quantitative estimate of drug-likeness (QED) is 0.405. The van der Waals surface area contributed by atoms with Gasteiger partial charge in [-0.15, -0.1) is 21.5 Å². The smallest absolute Gasteiger partial charge is 0.191 e. The molecule has 0 radical (unpaired) electrons. The van der Waals surface area contributed by atoms with Crippen LogP contribution in [-0.2, 0) is 24.1 Å². The summed E-state index contributed by atoms with van der Waals surface area (Å²) in [5, 5.41) is 17.2. The van der Waals surface area contributed by atoms with Crippen LogP contribution >= 0.6 is 11.3 Å². The number of aromatic nitrogens is 3. The van der Waals surface area contributed by atoms with E-state index in [4.69, 9.17) is 9.73 Å². The number of morpholine rings is 1. The van der Waals surface area contributed by atoms with E-state index in [2.05, 4.69) is 68.6 Å². The van der Waals surface area contributed by atoms with E-state index in [1.165, 1.54) is 4.88 Å². The van der Waals surface area contributed by atoms with E-state index in [9.17, 15) is 0 Å². The van der Waals surface area contributed by atoms with Gasteiger partial charge in [0, 0.05) is 50.6 Å². The Balaban J connectivity index is 1.52. The maximum absolute atomic E-state index is 5.97. The maximum atomic E-state index is 5.97. The van der Waals surface area contributed by atoms with E-state index >= 15 is 0 Å². The van der Waals surface area contributed by atoms with Crippen molar-refractivity contribution >= 4 is 17.3 Å². The molecule has 1 saturated heterocycles. The molecule has 8 nitrogen and oxygen atoms in total. The van der Waals surface area contributed by atoms with E-state index < -0.39 is 0 Å². The van der Waals surface area contributed by atoms with Crippen molar-refractivity contribution in [3.63, 3.8) is 0 Å². The number of hydrogen-bond donors (Lipinski definition) is 2. The van der Waals surface area contributed by atoms with E-state index in [-0.39, 0.29) is 6.10 Å². The second-order valence-corrected chi connectivity index (χ2v) is 9.34. The fourth-order valence-electron chi connectivity index (χ4n) is 3.73. The van der Waals surface area contributed by atoms with Crippen molar-refractivity contribution in [1.82, 2.24) is 30.3 Å². The summed E-state index contributed by atoms with van der Waals surface area (Å²) in [5.41, 5.74) is 0. The molecule has 0 amide bonds. The van der Waals surface area contributed by atoms with Crippen LogP contribution in [0.3, 0.4) is 0 Å². The lowest BCUT2D eigenvalue weighted by molar-refractivity contribution is -0.0261. The Bertz CT molecular complexity index is 775. The second-order valence-electron chi connectivity index (χ2n) is 8.31. The van der Waals surface area contributed by atoms with Gasteiger partial charge in [-0.25, -0.2) is 0 Å². The number of aliphatic imine (C=N–C) groups is 1. The molecule has 3 rings (SSSR count). The van der Waals surface area contributed by atoms with Crippen molar-refractivity contribution in [2.45, 2.75) is 46.3 Å². The molecule has 31 heavy (non-hydrogen) atoms. The number of guanidine groups is 1. The van der Waals surface area contributed by atoms with Crippen LogP contribution in [0.4, 0.5) is 0 Å². The number of nitrogens with one attached hydrogen (secondary N) is 2. The molecule has 1 atom stereocenters. The third kappa shape index (κ3) is 8.23. The predicted octanol–water partition coefficient (Wildman–Crippen LogP) is 2.04. The van der Waals surface area contributed by atoms with Crippen LogP contribution in [0.5, 0.6) is 0 Å². The number of nitrogens with zero attached hydrogens (tertiary/aromatic N) is 5. The average molecular weight is 448 g/mol. The SMILES string of the molecule is CCc1nncn1CCNC(=NCC1CN(CC(C)C)CCO1)NCCc1cccs1. The molecule has 1 fully saturated rings. The van der Waals surface area contributed by atoms with Crippen molar-refractivity contribution in [2.75, 3.05) is 45.9 Å². The fourth-order valence-corrected chi connectivity index (χ4v) is 4.44. The zero-order chi connectivity index (χ0) is 21.9. The first-order valence-corrected chi connectivity index (χ1v) is 12.3. The fraction of sp³-hybridized carbons (Fsp3) is 0.682. The van der Waals surface area contributed by atoms with Gasteiger partial charge in [0.2, 0.25) is 0 Å². The molecule has 0 aliphatic carbocycles. The van der Waals surface area contributed by atoms with Gasteiger partial charge >= 0.3 is 0 Å². The molecule has 2 aromatic rings. The normalized spacial score (nSPS) is 17.9. The monoisotopic (exact) mass is 447 g/mol. The maximum Gasteiger partial charge on any atom is 0.191 e. The second kappa shape index (κ2) is 12.8. The molecule has 0 bridgehead atoms. The molecule has 0 spiro atoms. The minimum Gasteiger partial charge on any atom is -0.374 e. The molecule has 0 aromatic carbocycles. The van der Waals surface area contributed by atoms with Crippen LogP contribution < -0.4 is 10.6 Å². The third-order valence-corrected chi connectivity index (χ3v) is 6.14. The van der Waals surface area contributed by atoms with Crippen LogP contribution in [0, 0.1) is 5.92 Å². The van der Waals surface area contributed by atoms with Gasteiger partial charge in [-0.1, -0.05) is 26.8 Å². The van der Waals surface area contributed by atoms with E-state index in [0.717, 1.165) is 70.5 Å². The molecular weight excluding hydrogens is 410 g/mol. The minimum atomic E-state index is 0.146.